The first-order valence-corrected chi connectivity index (χ1v) is 9.08. The Balaban J connectivity index is 0.00000363. The fourth-order valence-electron chi connectivity index (χ4n) is 2.77. The molecule has 0 saturated carbocycles. The van der Waals surface area contributed by atoms with E-state index < -0.39 is 23.5 Å². The maximum Gasteiger partial charge on any atom is 0.416 e. The highest BCUT2D eigenvalue weighted by Gasteiger charge is 2.32. The summed E-state index contributed by atoms with van der Waals surface area (Å²) in [6, 6.07) is 17.1. The second kappa shape index (κ2) is 10.6. The average molecular weight is 464 g/mol. The van der Waals surface area contributed by atoms with E-state index in [4.69, 9.17) is 5.73 Å². The Morgan fingerprint density at radius 1 is 0.969 bits per heavy atom. The lowest BCUT2D eigenvalue weighted by atomic mass is 10.1. The second-order valence-electron chi connectivity index (χ2n) is 6.43. The third-order valence-corrected chi connectivity index (χ3v) is 4.19. The maximum atomic E-state index is 13.8. The summed E-state index contributed by atoms with van der Waals surface area (Å²) in [6.45, 7) is 0. The van der Waals surface area contributed by atoms with Gasteiger partial charge in [-0.2, -0.15) is 13.2 Å². The molecule has 0 aliphatic rings. The first-order chi connectivity index (χ1) is 14.7. The second-order valence-corrected chi connectivity index (χ2v) is 6.43. The Kier molecular flexibility index (Phi) is 8.15. The van der Waals surface area contributed by atoms with E-state index in [9.17, 15) is 22.4 Å². The number of amides is 1. The summed E-state index contributed by atoms with van der Waals surface area (Å²) >= 11 is 0. The van der Waals surface area contributed by atoms with Crippen LogP contribution >= 0.6 is 12.4 Å². The Labute approximate surface area is 187 Å². The number of alkyl halides is 3. The molecule has 9 heteroatoms. The SMILES string of the molecule is Cl.NC(=Nc1cccc(NC(=O)/C=C/c2ccccc2C(F)(F)F)c1)c1ccccc1F. The summed E-state index contributed by atoms with van der Waals surface area (Å²) in [5, 5.41) is 2.54. The maximum absolute atomic E-state index is 13.8. The molecule has 0 radical (unpaired) electrons. The number of hydrogen-bond acceptors (Lipinski definition) is 2. The van der Waals surface area contributed by atoms with Crippen molar-refractivity contribution in [3.63, 3.8) is 0 Å². The van der Waals surface area contributed by atoms with Crippen molar-refractivity contribution in [2.75, 3.05) is 5.32 Å². The molecule has 0 saturated heterocycles. The van der Waals surface area contributed by atoms with E-state index >= 15 is 0 Å². The molecule has 0 atom stereocenters. The number of nitrogens with one attached hydrogen (secondary N) is 1. The molecule has 0 unspecified atom stereocenters. The Bertz CT molecular complexity index is 1160. The van der Waals surface area contributed by atoms with Gasteiger partial charge in [-0.3, -0.25) is 4.79 Å². The van der Waals surface area contributed by atoms with Crippen molar-refractivity contribution in [2.24, 2.45) is 10.7 Å². The van der Waals surface area contributed by atoms with Crippen LogP contribution < -0.4 is 11.1 Å². The fourth-order valence-corrected chi connectivity index (χ4v) is 2.77. The predicted molar refractivity (Wildman–Crippen MR) is 120 cm³/mol. The van der Waals surface area contributed by atoms with Gasteiger partial charge in [0.25, 0.3) is 0 Å². The van der Waals surface area contributed by atoms with E-state index in [-0.39, 0.29) is 29.4 Å². The minimum Gasteiger partial charge on any atom is -0.383 e. The van der Waals surface area contributed by atoms with E-state index in [1.807, 2.05) is 0 Å². The van der Waals surface area contributed by atoms with Gasteiger partial charge in [0.05, 0.1) is 16.8 Å². The van der Waals surface area contributed by atoms with Crippen molar-refractivity contribution < 1.29 is 22.4 Å². The van der Waals surface area contributed by atoms with Crippen molar-refractivity contribution in [2.45, 2.75) is 6.18 Å². The van der Waals surface area contributed by atoms with Crippen LogP contribution in [0, 0.1) is 5.82 Å². The molecule has 3 rings (SSSR count). The third kappa shape index (κ3) is 6.42. The molecule has 0 aliphatic heterocycles. The van der Waals surface area contributed by atoms with Crippen LogP contribution in [0.1, 0.15) is 16.7 Å². The zero-order chi connectivity index (χ0) is 22.4. The van der Waals surface area contributed by atoms with Gasteiger partial charge in [-0.1, -0.05) is 36.4 Å². The van der Waals surface area contributed by atoms with E-state index in [0.717, 1.165) is 18.2 Å². The van der Waals surface area contributed by atoms with Gasteiger partial charge in [0, 0.05) is 11.8 Å². The smallest absolute Gasteiger partial charge is 0.383 e. The van der Waals surface area contributed by atoms with Crippen LogP contribution in [0.4, 0.5) is 28.9 Å². The van der Waals surface area contributed by atoms with E-state index in [2.05, 4.69) is 10.3 Å². The zero-order valence-corrected chi connectivity index (χ0v) is 17.3. The highest BCUT2D eigenvalue weighted by atomic mass is 35.5. The van der Waals surface area contributed by atoms with Crippen LogP contribution in [-0.4, -0.2) is 11.7 Å². The summed E-state index contributed by atoms with van der Waals surface area (Å²) in [6.07, 6.45) is -2.42. The Morgan fingerprint density at radius 3 is 2.38 bits per heavy atom. The average Bonchev–Trinajstić information content (AvgIpc) is 2.72. The molecule has 0 fully saturated rings. The van der Waals surface area contributed by atoms with Gasteiger partial charge < -0.3 is 11.1 Å². The number of halogens is 5. The molecule has 0 aromatic heterocycles. The number of carbonyl (C=O) groups excluding carboxylic acids is 1. The number of aliphatic imine (C=N–C) groups is 1. The van der Waals surface area contributed by atoms with Crippen LogP contribution in [0.3, 0.4) is 0 Å². The molecule has 0 aliphatic carbocycles. The molecule has 4 nitrogen and oxygen atoms in total. The first-order valence-electron chi connectivity index (χ1n) is 9.08. The number of rotatable bonds is 5. The number of hydrogen-bond donors (Lipinski definition) is 2. The van der Waals surface area contributed by atoms with E-state index in [0.29, 0.717) is 11.4 Å². The third-order valence-electron chi connectivity index (χ3n) is 4.19. The summed E-state index contributed by atoms with van der Waals surface area (Å²) < 4.78 is 52.9. The molecule has 32 heavy (non-hydrogen) atoms. The van der Waals surface area contributed by atoms with Gasteiger partial charge in [-0.15, -0.1) is 12.4 Å². The quantitative estimate of drug-likeness (QED) is 0.212. The van der Waals surface area contributed by atoms with Crippen molar-refractivity contribution in [3.8, 4) is 0 Å². The van der Waals surface area contributed by atoms with Crippen molar-refractivity contribution in [1.82, 2.24) is 0 Å². The van der Waals surface area contributed by atoms with Crippen LogP contribution in [0.2, 0.25) is 0 Å². The zero-order valence-electron chi connectivity index (χ0n) is 16.4. The van der Waals surface area contributed by atoms with Crippen molar-refractivity contribution in [3.05, 3.63) is 101 Å². The Hall–Kier alpha value is -3.65. The molecule has 3 aromatic rings. The van der Waals surface area contributed by atoms with Crippen LogP contribution in [0.15, 0.2) is 83.9 Å². The molecule has 1 amide bonds. The minimum atomic E-state index is -4.53. The highest BCUT2D eigenvalue weighted by Crippen LogP contribution is 2.32. The summed E-state index contributed by atoms with van der Waals surface area (Å²) in [7, 11) is 0. The standard InChI is InChI=1S/C23H17F4N3O.ClH/c24-20-11-4-2-9-18(20)22(28)30-17-8-5-7-16(14-17)29-21(31)13-12-15-6-1-3-10-19(15)23(25,26)27;/h1-14H,(H2,28,30)(H,29,31);1H/b13-12+;. The lowest BCUT2D eigenvalue weighted by Gasteiger charge is -2.09. The number of benzene rings is 3. The largest absolute Gasteiger partial charge is 0.416 e. The van der Waals surface area contributed by atoms with Gasteiger partial charge in [0.2, 0.25) is 5.91 Å². The van der Waals surface area contributed by atoms with Gasteiger partial charge in [-0.05, 0) is 48.0 Å². The number of anilines is 1. The molecule has 166 valence electrons. The van der Waals surface area contributed by atoms with Gasteiger partial charge in [0.1, 0.15) is 11.7 Å². The number of nitrogens with two attached hydrogens (primary N) is 1. The number of carbonyl (C=O) groups is 1. The number of nitrogens with zero attached hydrogens (tertiary/aromatic N) is 1. The Morgan fingerprint density at radius 2 is 1.66 bits per heavy atom. The summed E-state index contributed by atoms with van der Waals surface area (Å²) in [5.41, 5.74) is 5.76. The van der Waals surface area contributed by atoms with E-state index in [1.54, 1.807) is 24.3 Å². The van der Waals surface area contributed by atoms with Crippen LogP contribution in [0.25, 0.3) is 6.08 Å². The lowest BCUT2D eigenvalue weighted by molar-refractivity contribution is -0.137. The predicted octanol–water partition coefficient (Wildman–Crippen LogP) is 5.96. The molecule has 3 N–H and O–H groups in total. The molecule has 0 bridgehead atoms. The fraction of sp³-hybridized carbons (Fsp3) is 0.0435. The molecule has 3 aromatic carbocycles. The molecule has 0 heterocycles. The lowest BCUT2D eigenvalue weighted by Crippen LogP contribution is -2.14. The van der Waals surface area contributed by atoms with Crippen molar-refractivity contribution >= 4 is 41.6 Å². The molecular weight excluding hydrogens is 446 g/mol. The minimum absolute atomic E-state index is 0. The first kappa shape index (κ1) is 24.6. The van der Waals surface area contributed by atoms with Gasteiger partial charge >= 0.3 is 6.18 Å². The summed E-state index contributed by atoms with van der Waals surface area (Å²) in [5.74, 6) is -1.18. The van der Waals surface area contributed by atoms with Gasteiger partial charge in [0.15, 0.2) is 0 Å². The molecular formula is C23H18ClF4N3O. The molecule has 0 spiro atoms. The highest BCUT2D eigenvalue weighted by molar-refractivity contribution is 6.02. The van der Waals surface area contributed by atoms with Crippen LogP contribution in [-0.2, 0) is 11.0 Å². The van der Waals surface area contributed by atoms with E-state index in [1.165, 1.54) is 42.5 Å². The summed E-state index contributed by atoms with van der Waals surface area (Å²) in [4.78, 5) is 16.3. The monoisotopic (exact) mass is 463 g/mol. The van der Waals surface area contributed by atoms with Crippen molar-refractivity contribution in [1.29, 1.82) is 0 Å². The van der Waals surface area contributed by atoms with Gasteiger partial charge in [-0.25, -0.2) is 9.38 Å². The number of amidine groups is 1. The topological polar surface area (TPSA) is 67.5 Å². The normalized spacial score (nSPS) is 11.8. The van der Waals surface area contributed by atoms with Crippen LogP contribution in [0.5, 0.6) is 0 Å².